The van der Waals surface area contributed by atoms with Gasteiger partial charge in [0.15, 0.2) is 0 Å². The topological polar surface area (TPSA) is 18.5 Å². The second-order valence-electron chi connectivity index (χ2n) is 11.2. The Kier molecular flexibility index (Phi) is 4.70. The number of hydrogen-bond acceptors (Lipinski definition) is 2. The van der Waals surface area contributed by atoms with Gasteiger partial charge in [-0.1, -0.05) is 79.9 Å². The first-order chi connectivity index (χ1) is 15.8. The number of fused-ring (bicyclic) bond motifs is 5. The van der Waals surface area contributed by atoms with Crippen LogP contribution in [0.2, 0.25) is 0 Å². The van der Waals surface area contributed by atoms with Crippen molar-refractivity contribution >= 4 is 12.6 Å². The van der Waals surface area contributed by atoms with Crippen LogP contribution in [0.4, 0.5) is 0 Å². The van der Waals surface area contributed by atoms with Crippen LogP contribution in [0.25, 0.3) is 22.3 Å². The van der Waals surface area contributed by atoms with Crippen LogP contribution in [-0.2, 0) is 14.7 Å². The molecule has 1 saturated heterocycles. The molecule has 33 heavy (non-hydrogen) atoms. The lowest BCUT2D eigenvalue weighted by atomic mass is 9.67. The molecule has 0 aromatic heterocycles. The van der Waals surface area contributed by atoms with Gasteiger partial charge in [-0.2, -0.15) is 0 Å². The van der Waals surface area contributed by atoms with E-state index in [1.165, 1.54) is 59.9 Å². The third kappa shape index (κ3) is 3.16. The van der Waals surface area contributed by atoms with Crippen molar-refractivity contribution in [1.82, 2.24) is 0 Å². The highest BCUT2D eigenvalue weighted by atomic mass is 16.7. The smallest absolute Gasteiger partial charge is 0.399 e. The first-order valence-electron chi connectivity index (χ1n) is 12.5. The second-order valence-corrected chi connectivity index (χ2v) is 11.2. The van der Waals surface area contributed by atoms with Gasteiger partial charge in [0, 0.05) is 5.41 Å². The molecule has 3 heteroatoms. The molecule has 168 valence electrons. The van der Waals surface area contributed by atoms with Gasteiger partial charge in [-0.3, -0.25) is 0 Å². The van der Waals surface area contributed by atoms with Crippen LogP contribution in [0.15, 0.2) is 66.7 Å². The molecular weight excluding hydrogens is 403 g/mol. The lowest BCUT2D eigenvalue weighted by molar-refractivity contribution is 0.00578. The summed E-state index contributed by atoms with van der Waals surface area (Å²) < 4.78 is 12.7. The van der Waals surface area contributed by atoms with Crippen LogP contribution in [0, 0.1) is 0 Å². The van der Waals surface area contributed by atoms with Crippen molar-refractivity contribution in [3.63, 3.8) is 0 Å². The number of benzene rings is 3. The molecule has 0 bridgehead atoms. The highest BCUT2D eigenvalue weighted by Crippen LogP contribution is 2.56. The quantitative estimate of drug-likeness (QED) is 0.408. The molecule has 1 heterocycles. The van der Waals surface area contributed by atoms with Gasteiger partial charge in [0.1, 0.15) is 0 Å². The Morgan fingerprint density at radius 3 is 2.06 bits per heavy atom. The molecule has 2 fully saturated rings. The van der Waals surface area contributed by atoms with Gasteiger partial charge in [-0.25, -0.2) is 0 Å². The van der Waals surface area contributed by atoms with Crippen molar-refractivity contribution in [1.29, 1.82) is 0 Å². The molecule has 0 amide bonds. The lowest BCUT2D eigenvalue weighted by Gasteiger charge is -2.36. The summed E-state index contributed by atoms with van der Waals surface area (Å²) in [5, 5.41) is 0. The van der Waals surface area contributed by atoms with Crippen molar-refractivity contribution in [2.75, 3.05) is 0 Å². The Morgan fingerprint density at radius 2 is 1.30 bits per heavy atom. The Morgan fingerprint density at radius 1 is 0.636 bits per heavy atom. The Labute approximate surface area is 198 Å². The van der Waals surface area contributed by atoms with E-state index in [1.807, 2.05) is 0 Å². The summed E-state index contributed by atoms with van der Waals surface area (Å²) >= 11 is 0. The Balaban J connectivity index is 1.41. The molecule has 2 aliphatic carbocycles. The fourth-order valence-corrected chi connectivity index (χ4v) is 6.17. The van der Waals surface area contributed by atoms with E-state index in [-0.39, 0.29) is 23.7 Å². The fourth-order valence-electron chi connectivity index (χ4n) is 6.17. The molecule has 3 aromatic rings. The SMILES string of the molecule is CC1(C)OB(c2cccc(-c3ccc4c(c3)C3(CCCCC3)c3ccccc3-4)c2)OC1(C)C. The summed E-state index contributed by atoms with van der Waals surface area (Å²) in [7, 11) is -0.335. The Bertz CT molecular complexity index is 1200. The maximum absolute atomic E-state index is 6.33. The molecule has 3 aliphatic rings. The molecule has 3 aromatic carbocycles. The predicted molar refractivity (Wildman–Crippen MR) is 137 cm³/mol. The second kappa shape index (κ2) is 7.32. The summed E-state index contributed by atoms with van der Waals surface area (Å²) in [5.74, 6) is 0. The number of hydrogen-bond donors (Lipinski definition) is 0. The molecule has 2 nitrogen and oxygen atoms in total. The summed E-state index contributed by atoms with van der Waals surface area (Å²) in [6.07, 6.45) is 6.50. The average Bonchev–Trinajstić information content (AvgIpc) is 3.21. The third-order valence-electron chi connectivity index (χ3n) is 8.72. The standard InChI is InChI=1S/C30H33BO2/c1-28(2)29(3,4)33-31(32-28)23-12-10-11-21(19-23)22-15-16-25-24-13-6-7-14-26(24)30(27(25)20-22)17-8-5-9-18-30/h6-7,10-16,19-20H,5,8-9,17-18H2,1-4H3. The van der Waals surface area contributed by atoms with E-state index in [2.05, 4.69) is 94.4 Å². The Hall–Kier alpha value is -2.36. The molecule has 1 aliphatic heterocycles. The first-order valence-corrected chi connectivity index (χ1v) is 12.5. The van der Waals surface area contributed by atoms with Crippen LogP contribution in [-0.4, -0.2) is 18.3 Å². The zero-order valence-electron chi connectivity index (χ0n) is 20.3. The van der Waals surface area contributed by atoms with Gasteiger partial charge in [-0.05, 0) is 85.4 Å². The normalized spacial score (nSPS) is 21.8. The first kappa shape index (κ1) is 21.2. The van der Waals surface area contributed by atoms with E-state index in [0.717, 1.165) is 5.46 Å². The molecule has 6 rings (SSSR count). The van der Waals surface area contributed by atoms with Crippen LogP contribution in [0.5, 0.6) is 0 Å². The minimum atomic E-state index is -0.335. The van der Waals surface area contributed by atoms with E-state index < -0.39 is 0 Å². The molecule has 0 unspecified atom stereocenters. The molecule has 0 N–H and O–H groups in total. The van der Waals surface area contributed by atoms with Gasteiger partial charge in [0.05, 0.1) is 11.2 Å². The molecule has 0 radical (unpaired) electrons. The third-order valence-corrected chi connectivity index (χ3v) is 8.72. The zero-order valence-corrected chi connectivity index (χ0v) is 20.3. The molecular formula is C30H33BO2. The molecule has 0 atom stereocenters. The zero-order chi connectivity index (χ0) is 22.8. The van der Waals surface area contributed by atoms with Gasteiger partial charge >= 0.3 is 7.12 Å². The highest BCUT2D eigenvalue weighted by Gasteiger charge is 2.51. The highest BCUT2D eigenvalue weighted by molar-refractivity contribution is 6.62. The largest absolute Gasteiger partial charge is 0.494 e. The monoisotopic (exact) mass is 436 g/mol. The van der Waals surface area contributed by atoms with Gasteiger partial charge < -0.3 is 9.31 Å². The minimum absolute atomic E-state index is 0.184. The lowest BCUT2D eigenvalue weighted by Crippen LogP contribution is -2.41. The summed E-state index contributed by atoms with van der Waals surface area (Å²) in [4.78, 5) is 0. The minimum Gasteiger partial charge on any atom is -0.399 e. The summed E-state index contributed by atoms with van der Waals surface area (Å²) in [5.41, 5.74) is 9.05. The van der Waals surface area contributed by atoms with E-state index >= 15 is 0 Å². The van der Waals surface area contributed by atoms with Gasteiger partial charge in [-0.15, -0.1) is 0 Å². The predicted octanol–water partition coefficient (Wildman–Crippen LogP) is 6.88. The maximum Gasteiger partial charge on any atom is 0.494 e. The van der Waals surface area contributed by atoms with Gasteiger partial charge in [0.2, 0.25) is 0 Å². The van der Waals surface area contributed by atoms with Crippen molar-refractivity contribution in [3.8, 4) is 22.3 Å². The van der Waals surface area contributed by atoms with Crippen molar-refractivity contribution in [2.24, 2.45) is 0 Å². The van der Waals surface area contributed by atoms with E-state index in [4.69, 9.17) is 9.31 Å². The van der Waals surface area contributed by atoms with Crippen LogP contribution >= 0.6 is 0 Å². The van der Waals surface area contributed by atoms with Crippen LogP contribution in [0.1, 0.15) is 70.9 Å². The van der Waals surface area contributed by atoms with E-state index in [9.17, 15) is 0 Å². The fraction of sp³-hybridized carbons (Fsp3) is 0.400. The van der Waals surface area contributed by atoms with E-state index in [0.29, 0.717) is 0 Å². The van der Waals surface area contributed by atoms with E-state index in [1.54, 1.807) is 5.56 Å². The average molecular weight is 436 g/mol. The van der Waals surface area contributed by atoms with Crippen molar-refractivity contribution < 1.29 is 9.31 Å². The van der Waals surface area contributed by atoms with Crippen LogP contribution < -0.4 is 5.46 Å². The molecule has 1 spiro atoms. The van der Waals surface area contributed by atoms with Crippen molar-refractivity contribution in [2.45, 2.75) is 76.4 Å². The number of rotatable bonds is 2. The summed E-state index contributed by atoms with van der Waals surface area (Å²) in [6.45, 7) is 8.44. The maximum atomic E-state index is 6.33. The van der Waals surface area contributed by atoms with Crippen LogP contribution in [0.3, 0.4) is 0 Å². The van der Waals surface area contributed by atoms with Crippen molar-refractivity contribution in [3.05, 3.63) is 77.9 Å². The summed E-state index contributed by atoms with van der Waals surface area (Å²) in [6, 6.07) is 24.9. The molecule has 1 saturated carbocycles. The van der Waals surface area contributed by atoms with Gasteiger partial charge in [0.25, 0.3) is 0 Å².